The van der Waals surface area contributed by atoms with Gasteiger partial charge in [-0.3, -0.25) is 14.2 Å². The highest BCUT2D eigenvalue weighted by molar-refractivity contribution is 5.84. The summed E-state index contributed by atoms with van der Waals surface area (Å²) in [7, 11) is 0. The maximum absolute atomic E-state index is 15.3. The van der Waals surface area contributed by atoms with E-state index in [9.17, 15) is 19.2 Å². The lowest BCUT2D eigenvalue weighted by Crippen LogP contribution is -2.56. The van der Waals surface area contributed by atoms with E-state index >= 15 is 4.39 Å². The van der Waals surface area contributed by atoms with Gasteiger partial charge in [0.1, 0.15) is 12.4 Å². The van der Waals surface area contributed by atoms with Crippen LogP contribution in [0.5, 0.6) is 0 Å². The van der Waals surface area contributed by atoms with Crippen molar-refractivity contribution in [2.24, 2.45) is 5.92 Å². The first kappa shape index (κ1) is 30.3. The van der Waals surface area contributed by atoms with E-state index in [1.54, 1.807) is 29.7 Å². The number of nitrogens with zero attached hydrogens (tertiary/aromatic N) is 3. The first-order valence-corrected chi connectivity index (χ1v) is 15.3. The van der Waals surface area contributed by atoms with Crippen LogP contribution in [0.4, 0.5) is 14.9 Å². The number of esters is 1. The summed E-state index contributed by atoms with van der Waals surface area (Å²) in [5.74, 6) is -0.464. The molecule has 2 fully saturated rings. The number of anilines is 1. The Labute approximate surface area is 249 Å². The van der Waals surface area contributed by atoms with Crippen molar-refractivity contribution in [3.63, 3.8) is 0 Å². The Bertz CT molecular complexity index is 1560. The number of halogens is 1. The molecule has 11 heteroatoms. The molecule has 2 aliphatic rings. The fourth-order valence-corrected chi connectivity index (χ4v) is 5.61. The van der Waals surface area contributed by atoms with Gasteiger partial charge in [-0.25, -0.2) is 19.0 Å². The molecule has 1 heterocycles. The van der Waals surface area contributed by atoms with Crippen LogP contribution in [-0.4, -0.2) is 41.0 Å². The fraction of sp³-hybridized carbons (Fsp3) is 0.500. The zero-order valence-electron chi connectivity index (χ0n) is 24.6. The van der Waals surface area contributed by atoms with Gasteiger partial charge in [0.05, 0.1) is 23.2 Å². The number of carbonyl (C=O) groups excluding carboxylic acids is 2. The van der Waals surface area contributed by atoms with Crippen molar-refractivity contribution in [3.05, 3.63) is 74.7 Å². The molecule has 0 spiro atoms. The van der Waals surface area contributed by atoms with E-state index in [0.717, 1.165) is 59.8 Å². The number of hydrogen-bond donors (Lipinski definition) is 1. The second-order valence-electron chi connectivity index (χ2n) is 11.3. The van der Waals surface area contributed by atoms with Crippen molar-refractivity contribution in [2.45, 2.75) is 77.4 Å². The lowest BCUT2D eigenvalue weighted by Gasteiger charge is -2.26. The topological polar surface area (TPSA) is 112 Å². The molecule has 0 atom stereocenters. The smallest absolute Gasteiger partial charge is 0.429 e. The average molecular weight is 595 g/mol. The van der Waals surface area contributed by atoms with Gasteiger partial charge in [-0.15, -0.1) is 0 Å². The standard InChI is InChI=1S/C32H39FN4O6/c1-2-42-29(38)14-8-9-17-35(32(41)43-21-23-10-4-3-5-11-23)37-30(39)25-18-26(33)27(34-20-22-15-16-22)19-28(25)36(31(37)40)24-12-6-7-13-24/h3-5,10-11,18-19,22,24,34H,2,6-9,12-17,20-21H2,1H3. The van der Waals surface area contributed by atoms with E-state index in [2.05, 4.69) is 5.32 Å². The van der Waals surface area contributed by atoms with Crippen molar-refractivity contribution in [2.75, 3.05) is 30.0 Å². The summed E-state index contributed by atoms with van der Waals surface area (Å²) in [5, 5.41) is 4.14. The van der Waals surface area contributed by atoms with Crippen molar-refractivity contribution in [1.29, 1.82) is 0 Å². The van der Waals surface area contributed by atoms with Crippen molar-refractivity contribution in [1.82, 2.24) is 9.24 Å². The van der Waals surface area contributed by atoms with E-state index in [0.29, 0.717) is 30.8 Å². The molecule has 10 nitrogen and oxygen atoms in total. The quantitative estimate of drug-likeness (QED) is 0.213. The Morgan fingerprint density at radius 1 is 1.02 bits per heavy atom. The molecule has 1 amide bonds. The van der Waals surface area contributed by atoms with Crippen molar-refractivity contribution < 1.29 is 23.5 Å². The molecule has 3 aromatic rings. The number of amides is 1. The molecule has 5 rings (SSSR count). The van der Waals surface area contributed by atoms with Crippen LogP contribution in [0.3, 0.4) is 0 Å². The fourth-order valence-electron chi connectivity index (χ4n) is 5.61. The van der Waals surface area contributed by atoms with E-state index in [-0.39, 0.29) is 49.3 Å². The van der Waals surface area contributed by atoms with E-state index in [1.165, 1.54) is 0 Å². The number of carbonyl (C=O) groups is 2. The third kappa shape index (κ3) is 7.26. The molecular formula is C32H39FN4O6. The molecule has 0 saturated heterocycles. The highest BCUT2D eigenvalue weighted by Crippen LogP contribution is 2.33. The Hall–Kier alpha value is -4.15. The molecule has 1 aromatic heterocycles. The summed E-state index contributed by atoms with van der Waals surface area (Å²) in [6.07, 6.45) is 5.38. The lowest BCUT2D eigenvalue weighted by atomic mass is 10.1. The summed E-state index contributed by atoms with van der Waals surface area (Å²) in [4.78, 5) is 53.5. The number of hydrogen-bond acceptors (Lipinski definition) is 7. The number of nitrogens with one attached hydrogen (secondary N) is 1. The second-order valence-corrected chi connectivity index (χ2v) is 11.3. The minimum absolute atomic E-state index is 0.00774. The second kappa shape index (κ2) is 13.9. The lowest BCUT2D eigenvalue weighted by molar-refractivity contribution is -0.143. The molecule has 43 heavy (non-hydrogen) atoms. The number of aromatic nitrogens is 2. The summed E-state index contributed by atoms with van der Waals surface area (Å²) < 4.78 is 28.2. The zero-order chi connectivity index (χ0) is 30.3. The SMILES string of the molecule is CCOC(=O)CCCCN(C(=O)OCc1ccccc1)n1c(=O)c2cc(F)c(NCC3CC3)cc2n(C2CCCC2)c1=O. The Balaban J connectivity index is 1.54. The summed E-state index contributed by atoms with van der Waals surface area (Å²) in [6, 6.07) is 11.6. The number of fused-ring (bicyclic) bond motifs is 1. The van der Waals surface area contributed by atoms with Gasteiger partial charge in [0.2, 0.25) is 0 Å². The molecule has 1 N–H and O–H groups in total. The van der Waals surface area contributed by atoms with Crippen LogP contribution in [-0.2, 0) is 20.9 Å². The van der Waals surface area contributed by atoms with Crippen LogP contribution in [0, 0.1) is 11.7 Å². The van der Waals surface area contributed by atoms with Gasteiger partial charge < -0.3 is 14.8 Å². The Morgan fingerprint density at radius 2 is 1.77 bits per heavy atom. The average Bonchev–Trinajstić information content (AvgIpc) is 3.68. The molecule has 2 aliphatic carbocycles. The van der Waals surface area contributed by atoms with Crippen LogP contribution < -0.4 is 21.6 Å². The molecule has 0 radical (unpaired) electrons. The zero-order valence-corrected chi connectivity index (χ0v) is 24.6. The van der Waals surface area contributed by atoms with Crippen LogP contribution in [0.15, 0.2) is 52.1 Å². The van der Waals surface area contributed by atoms with Crippen molar-refractivity contribution in [3.8, 4) is 0 Å². The largest absolute Gasteiger partial charge is 0.466 e. The van der Waals surface area contributed by atoms with Gasteiger partial charge in [-0.2, -0.15) is 4.68 Å². The van der Waals surface area contributed by atoms with Gasteiger partial charge in [-0.05, 0) is 69.1 Å². The monoisotopic (exact) mass is 594 g/mol. The third-order valence-electron chi connectivity index (χ3n) is 8.09. The van der Waals surface area contributed by atoms with Crippen LogP contribution >= 0.6 is 0 Å². The number of rotatable bonds is 13. The number of unbranched alkanes of at least 4 members (excludes halogenated alkanes) is 1. The molecule has 0 unspecified atom stereocenters. The van der Waals surface area contributed by atoms with Crippen LogP contribution in [0.25, 0.3) is 10.9 Å². The normalized spacial score (nSPS) is 15.0. The molecule has 0 bridgehead atoms. The molecule has 230 valence electrons. The summed E-state index contributed by atoms with van der Waals surface area (Å²) >= 11 is 0. The first-order chi connectivity index (χ1) is 20.9. The predicted molar refractivity (Wildman–Crippen MR) is 161 cm³/mol. The van der Waals surface area contributed by atoms with E-state index in [4.69, 9.17) is 9.47 Å². The van der Waals surface area contributed by atoms with Gasteiger partial charge in [0.25, 0.3) is 5.56 Å². The van der Waals surface area contributed by atoms with Gasteiger partial charge in [0, 0.05) is 25.6 Å². The number of ether oxygens (including phenoxy) is 2. The van der Waals surface area contributed by atoms with Gasteiger partial charge in [-0.1, -0.05) is 43.2 Å². The minimum atomic E-state index is -0.889. The predicted octanol–water partition coefficient (Wildman–Crippen LogP) is 5.25. The van der Waals surface area contributed by atoms with E-state index < -0.39 is 23.2 Å². The van der Waals surface area contributed by atoms with Gasteiger partial charge in [0.15, 0.2) is 0 Å². The summed E-state index contributed by atoms with van der Waals surface area (Å²) in [5.41, 5.74) is -0.144. The molecule has 2 saturated carbocycles. The molecule has 2 aromatic carbocycles. The molecule has 0 aliphatic heterocycles. The van der Waals surface area contributed by atoms with Gasteiger partial charge >= 0.3 is 17.8 Å². The number of benzene rings is 2. The maximum atomic E-state index is 15.3. The van der Waals surface area contributed by atoms with E-state index in [1.807, 2.05) is 18.2 Å². The minimum Gasteiger partial charge on any atom is -0.466 e. The Kier molecular flexibility index (Phi) is 9.79. The van der Waals surface area contributed by atoms with Crippen molar-refractivity contribution >= 4 is 28.7 Å². The van der Waals surface area contributed by atoms with Crippen LogP contribution in [0.1, 0.15) is 76.3 Å². The Morgan fingerprint density at radius 3 is 2.47 bits per heavy atom. The van der Waals surface area contributed by atoms with Crippen LogP contribution in [0.2, 0.25) is 0 Å². The molecular weight excluding hydrogens is 555 g/mol. The maximum Gasteiger partial charge on any atom is 0.429 e. The summed E-state index contributed by atoms with van der Waals surface area (Å²) in [6.45, 7) is 2.47. The highest BCUT2D eigenvalue weighted by Gasteiger charge is 2.29. The first-order valence-electron chi connectivity index (χ1n) is 15.3. The highest BCUT2D eigenvalue weighted by atomic mass is 19.1. The third-order valence-corrected chi connectivity index (χ3v) is 8.09.